The van der Waals surface area contributed by atoms with E-state index < -0.39 is 10.0 Å². The SMILES string of the molecule is CC(C)OCc1nnc(S(N)(=O)=O)n1C(C)C. The van der Waals surface area contributed by atoms with Gasteiger partial charge in [0.15, 0.2) is 5.82 Å². The standard InChI is InChI=1S/C9H18N4O3S/c1-6(2)13-8(5-16-7(3)4)11-12-9(13)17(10,14)15/h6-7H,5H2,1-4H3,(H2,10,14,15). The van der Waals surface area contributed by atoms with Gasteiger partial charge >= 0.3 is 0 Å². The normalized spacial score (nSPS) is 12.6. The van der Waals surface area contributed by atoms with E-state index in [0.717, 1.165) is 0 Å². The number of ether oxygens (including phenoxy) is 1. The fourth-order valence-electron chi connectivity index (χ4n) is 1.36. The van der Waals surface area contributed by atoms with Crippen LogP contribution in [0.3, 0.4) is 0 Å². The van der Waals surface area contributed by atoms with Crippen molar-refractivity contribution in [3.8, 4) is 0 Å². The number of sulfonamides is 1. The summed E-state index contributed by atoms with van der Waals surface area (Å²) in [7, 11) is -3.86. The fourth-order valence-corrected chi connectivity index (χ4v) is 2.10. The molecule has 0 amide bonds. The Morgan fingerprint density at radius 1 is 1.29 bits per heavy atom. The van der Waals surface area contributed by atoms with Gasteiger partial charge in [-0.05, 0) is 27.7 Å². The summed E-state index contributed by atoms with van der Waals surface area (Å²) < 4.78 is 29.5. The van der Waals surface area contributed by atoms with Crippen LogP contribution in [0.5, 0.6) is 0 Å². The Labute approximate surface area is 101 Å². The number of nitrogens with two attached hydrogens (primary N) is 1. The van der Waals surface area contributed by atoms with Gasteiger partial charge in [-0.15, -0.1) is 10.2 Å². The number of nitrogens with zero attached hydrogens (tertiary/aromatic N) is 3. The maximum absolute atomic E-state index is 11.3. The largest absolute Gasteiger partial charge is 0.371 e. The molecule has 1 rings (SSSR count). The third kappa shape index (κ3) is 3.48. The molecule has 2 N–H and O–H groups in total. The highest BCUT2D eigenvalue weighted by Crippen LogP contribution is 2.15. The molecule has 0 aliphatic rings. The molecule has 17 heavy (non-hydrogen) atoms. The highest BCUT2D eigenvalue weighted by atomic mass is 32.2. The molecule has 0 aliphatic heterocycles. The second kappa shape index (κ2) is 5.11. The second-order valence-electron chi connectivity index (χ2n) is 4.27. The molecule has 1 aromatic rings. The third-order valence-corrected chi connectivity index (χ3v) is 2.84. The van der Waals surface area contributed by atoms with Crippen LogP contribution < -0.4 is 5.14 Å². The summed E-state index contributed by atoms with van der Waals surface area (Å²) in [5.41, 5.74) is 0. The summed E-state index contributed by atoms with van der Waals surface area (Å²) >= 11 is 0. The van der Waals surface area contributed by atoms with E-state index in [1.54, 1.807) is 0 Å². The minimum absolute atomic E-state index is 0.0326. The summed E-state index contributed by atoms with van der Waals surface area (Å²) in [6.45, 7) is 7.64. The predicted molar refractivity (Wildman–Crippen MR) is 61.7 cm³/mol. The van der Waals surface area contributed by atoms with E-state index in [0.29, 0.717) is 5.82 Å². The molecule has 0 radical (unpaired) electrons. The lowest BCUT2D eigenvalue weighted by Gasteiger charge is -2.13. The zero-order valence-electron chi connectivity index (χ0n) is 10.4. The molecule has 0 fully saturated rings. The van der Waals surface area contributed by atoms with Crippen LogP contribution in [-0.2, 0) is 21.4 Å². The van der Waals surface area contributed by atoms with Crippen molar-refractivity contribution in [2.45, 2.75) is 51.6 Å². The molecule has 8 heteroatoms. The van der Waals surface area contributed by atoms with Crippen molar-refractivity contribution < 1.29 is 13.2 Å². The molecule has 7 nitrogen and oxygen atoms in total. The number of hydrogen-bond acceptors (Lipinski definition) is 5. The molecular weight excluding hydrogens is 244 g/mol. The van der Waals surface area contributed by atoms with E-state index in [9.17, 15) is 8.42 Å². The lowest BCUT2D eigenvalue weighted by molar-refractivity contribution is 0.0584. The topological polar surface area (TPSA) is 100 Å². The molecule has 0 saturated carbocycles. The van der Waals surface area contributed by atoms with Crippen molar-refractivity contribution in [2.24, 2.45) is 5.14 Å². The molecule has 0 saturated heterocycles. The van der Waals surface area contributed by atoms with Crippen LogP contribution in [0, 0.1) is 0 Å². The quantitative estimate of drug-likeness (QED) is 0.829. The fraction of sp³-hybridized carbons (Fsp3) is 0.778. The Morgan fingerprint density at radius 3 is 2.29 bits per heavy atom. The van der Waals surface area contributed by atoms with Gasteiger partial charge in [0.05, 0.1) is 6.10 Å². The molecule has 0 atom stereocenters. The molecule has 0 spiro atoms. The maximum Gasteiger partial charge on any atom is 0.273 e. The number of rotatable bonds is 5. The molecule has 1 heterocycles. The van der Waals surface area contributed by atoms with Crippen molar-refractivity contribution in [3.05, 3.63) is 5.82 Å². The van der Waals surface area contributed by atoms with E-state index in [1.165, 1.54) is 4.57 Å². The third-order valence-electron chi connectivity index (χ3n) is 2.05. The van der Waals surface area contributed by atoms with E-state index in [2.05, 4.69) is 10.2 Å². The molecule has 98 valence electrons. The maximum atomic E-state index is 11.3. The van der Waals surface area contributed by atoms with Gasteiger partial charge < -0.3 is 4.74 Å². The summed E-state index contributed by atoms with van der Waals surface area (Å²) in [4.78, 5) is 0. The van der Waals surface area contributed by atoms with Crippen molar-refractivity contribution in [1.82, 2.24) is 14.8 Å². The Kier molecular flexibility index (Phi) is 4.23. The first-order chi connectivity index (χ1) is 7.73. The average molecular weight is 262 g/mol. The summed E-state index contributed by atoms with van der Waals surface area (Å²) in [5.74, 6) is 0.456. The first-order valence-corrected chi connectivity index (χ1v) is 6.86. The van der Waals surface area contributed by atoms with Crippen LogP contribution in [0.4, 0.5) is 0 Å². The molecule has 1 aromatic heterocycles. The predicted octanol–water partition coefficient (Wildman–Crippen LogP) is 0.431. The zero-order valence-corrected chi connectivity index (χ0v) is 11.2. The van der Waals surface area contributed by atoms with Gasteiger partial charge in [-0.2, -0.15) is 0 Å². The van der Waals surface area contributed by atoms with E-state index >= 15 is 0 Å². The highest BCUT2D eigenvalue weighted by molar-refractivity contribution is 7.89. The van der Waals surface area contributed by atoms with Gasteiger partial charge in [0.2, 0.25) is 0 Å². The number of hydrogen-bond donors (Lipinski definition) is 1. The van der Waals surface area contributed by atoms with Crippen LogP contribution >= 0.6 is 0 Å². The average Bonchev–Trinajstić information content (AvgIpc) is 2.57. The van der Waals surface area contributed by atoms with E-state index in [1.807, 2.05) is 27.7 Å². The summed E-state index contributed by atoms with van der Waals surface area (Å²) in [6.07, 6.45) is 0.0326. The molecular formula is C9H18N4O3S. The first-order valence-electron chi connectivity index (χ1n) is 5.31. The van der Waals surface area contributed by atoms with Gasteiger partial charge in [-0.1, -0.05) is 0 Å². The number of aromatic nitrogens is 3. The molecule has 0 bridgehead atoms. The number of primary sulfonamides is 1. The lowest BCUT2D eigenvalue weighted by Crippen LogP contribution is -2.21. The van der Waals surface area contributed by atoms with Gasteiger partial charge in [0.25, 0.3) is 15.2 Å². The summed E-state index contributed by atoms with van der Waals surface area (Å²) in [6, 6.07) is -0.107. The lowest BCUT2D eigenvalue weighted by atomic mass is 10.4. The Bertz CT molecular complexity index is 478. The molecule has 0 unspecified atom stereocenters. The van der Waals surface area contributed by atoms with Gasteiger partial charge in [-0.3, -0.25) is 4.57 Å². The molecule has 0 aromatic carbocycles. The summed E-state index contributed by atoms with van der Waals surface area (Å²) in [5, 5.41) is 12.3. The van der Waals surface area contributed by atoms with Crippen LogP contribution in [0.15, 0.2) is 5.16 Å². The minimum Gasteiger partial charge on any atom is -0.371 e. The van der Waals surface area contributed by atoms with Crippen molar-refractivity contribution >= 4 is 10.0 Å². The van der Waals surface area contributed by atoms with E-state index in [-0.39, 0.29) is 23.9 Å². The monoisotopic (exact) mass is 262 g/mol. The molecule has 0 aliphatic carbocycles. The van der Waals surface area contributed by atoms with E-state index in [4.69, 9.17) is 9.88 Å². The van der Waals surface area contributed by atoms with Crippen LogP contribution in [0.1, 0.15) is 39.6 Å². The van der Waals surface area contributed by atoms with Gasteiger partial charge in [0.1, 0.15) is 6.61 Å². The van der Waals surface area contributed by atoms with Crippen molar-refractivity contribution in [3.63, 3.8) is 0 Å². The zero-order chi connectivity index (χ0) is 13.2. The van der Waals surface area contributed by atoms with Crippen LogP contribution in [0.25, 0.3) is 0 Å². The highest BCUT2D eigenvalue weighted by Gasteiger charge is 2.22. The first kappa shape index (κ1) is 14.1. The minimum atomic E-state index is -3.86. The van der Waals surface area contributed by atoms with Crippen molar-refractivity contribution in [1.29, 1.82) is 0 Å². The van der Waals surface area contributed by atoms with Crippen LogP contribution in [0.2, 0.25) is 0 Å². The second-order valence-corrected chi connectivity index (χ2v) is 5.72. The van der Waals surface area contributed by atoms with Crippen LogP contribution in [-0.4, -0.2) is 29.3 Å². The smallest absolute Gasteiger partial charge is 0.273 e. The Hall–Kier alpha value is -0.990. The van der Waals surface area contributed by atoms with Gasteiger partial charge in [0, 0.05) is 6.04 Å². The van der Waals surface area contributed by atoms with Crippen molar-refractivity contribution in [2.75, 3.05) is 0 Å². The Morgan fingerprint density at radius 2 is 1.88 bits per heavy atom. The van der Waals surface area contributed by atoms with Gasteiger partial charge in [-0.25, -0.2) is 13.6 Å². The Balaban J connectivity index is 3.12.